The van der Waals surface area contributed by atoms with E-state index in [1.807, 2.05) is 0 Å². The van der Waals surface area contributed by atoms with E-state index in [2.05, 4.69) is 21.2 Å². The zero-order valence-electron chi connectivity index (χ0n) is 7.81. The van der Waals surface area contributed by atoms with Crippen molar-refractivity contribution >= 4 is 33.4 Å². The third-order valence-corrected chi connectivity index (χ3v) is 3.62. The Morgan fingerprint density at radius 3 is 2.93 bits per heavy atom. The summed E-state index contributed by atoms with van der Waals surface area (Å²) >= 11 is 4.64. The van der Waals surface area contributed by atoms with Crippen LogP contribution < -0.4 is 10.1 Å². The van der Waals surface area contributed by atoms with Crippen molar-refractivity contribution in [3.05, 3.63) is 17.7 Å². The van der Waals surface area contributed by atoms with Gasteiger partial charge in [0.1, 0.15) is 4.28 Å². The Bertz CT molecular complexity index is 401. The van der Waals surface area contributed by atoms with Crippen LogP contribution in [0.4, 0.5) is 14.5 Å². The van der Waals surface area contributed by atoms with Crippen molar-refractivity contribution in [1.29, 1.82) is 0 Å². The fourth-order valence-electron chi connectivity index (χ4n) is 1.32. The fraction of sp³-hybridized carbons (Fsp3) is 0.333. The first-order valence-corrected chi connectivity index (χ1v) is 6.15. The van der Waals surface area contributed by atoms with Crippen LogP contribution in [0.25, 0.3) is 0 Å². The molecule has 1 atom stereocenters. The molecule has 82 valence electrons. The molecule has 0 aromatic heterocycles. The molecule has 1 aromatic rings. The van der Waals surface area contributed by atoms with E-state index in [-0.39, 0.29) is 15.7 Å². The Labute approximate surface area is 98.5 Å². The summed E-state index contributed by atoms with van der Waals surface area (Å²) in [5.74, 6) is -1.86. The number of rotatable bonds is 2. The van der Waals surface area contributed by atoms with E-state index in [0.717, 1.165) is 0 Å². The summed E-state index contributed by atoms with van der Waals surface area (Å²) in [5.41, 5.74) is 0.197. The normalized spacial score (nSPS) is 18.5. The summed E-state index contributed by atoms with van der Waals surface area (Å²) in [5, 5.41) is 2.78. The highest BCUT2D eigenvalue weighted by atomic mass is 79.9. The third-order valence-electron chi connectivity index (χ3n) is 1.93. The second kappa shape index (κ2) is 4.17. The van der Waals surface area contributed by atoms with Crippen molar-refractivity contribution in [2.45, 2.75) is 16.1 Å². The van der Waals surface area contributed by atoms with Crippen molar-refractivity contribution in [2.24, 2.45) is 0 Å². The van der Waals surface area contributed by atoms with Gasteiger partial charge in [0.25, 0.3) is 0 Å². The maximum absolute atomic E-state index is 13.5. The minimum absolute atomic E-state index is 0.0374. The molecule has 0 spiro atoms. The molecule has 0 radical (unpaired) electrons. The summed E-state index contributed by atoms with van der Waals surface area (Å²) in [7, 11) is 0. The monoisotopic (exact) mass is 295 g/mol. The number of alkyl halides is 1. The summed E-state index contributed by atoms with van der Waals surface area (Å²) in [6, 6.07) is 1.51. The SMILES string of the molecule is CCOc1cc2c(c(F)c1F)NC(Br)S2. The van der Waals surface area contributed by atoms with Crippen LogP contribution in [0.5, 0.6) is 5.75 Å². The van der Waals surface area contributed by atoms with E-state index in [1.54, 1.807) is 6.92 Å². The molecule has 0 amide bonds. The molecule has 0 bridgehead atoms. The van der Waals surface area contributed by atoms with E-state index in [1.165, 1.54) is 17.8 Å². The number of thioether (sulfide) groups is 1. The van der Waals surface area contributed by atoms with E-state index >= 15 is 0 Å². The average Bonchev–Trinajstić information content (AvgIpc) is 2.56. The summed E-state index contributed by atoms with van der Waals surface area (Å²) in [6.07, 6.45) is 0. The topological polar surface area (TPSA) is 21.3 Å². The van der Waals surface area contributed by atoms with Gasteiger partial charge in [0.05, 0.1) is 12.3 Å². The number of fused-ring (bicyclic) bond motifs is 1. The van der Waals surface area contributed by atoms with Crippen molar-refractivity contribution in [3.63, 3.8) is 0 Å². The van der Waals surface area contributed by atoms with Crippen LogP contribution in [0.15, 0.2) is 11.0 Å². The van der Waals surface area contributed by atoms with Gasteiger partial charge in [-0.2, -0.15) is 4.39 Å². The van der Waals surface area contributed by atoms with Crippen molar-refractivity contribution in [2.75, 3.05) is 11.9 Å². The Morgan fingerprint density at radius 2 is 2.27 bits per heavy atom. The summed E-state index contributed by atoms with van der Waals surface area (Å²) < 4.78 is 31.8. The van der Waals surface area contributed by atoms with Crippen LogP contribution in [0.1, 0.15) is 6.92 Å². The number of ether oxygens (including phenoxy) is 1. The highest BCUT2D eigenvalue weighted by Crippen LogP contribution is 2.45. The lowest BCUT2D eigenvalue weighted by Gasteiger charge is -2.08. The Morgan fingerprint density at radius 1 is 1.53 bits per heavy atom. The molecular formula is C9H8BrF2NOS. The van der Waals surface area contributed by atoms with Crippen LogP contribution >= 0.6 is 27.7 Å². The first-order valence-electron chi connectivity index (χ1n) is 4.35. The number of hydrogen-bond donors (Lipinski definition) is 1. The van der Waals surface area contributed by atoms with Gasteiger partial charge in [0.2, 0.25) is 5.82 Å². The second-order valence-electron chi connectivity index (χ2n) is 2.89. The van der Waals surface area contributed by atoms with Gasteiger partial charge in [0.15, 0.2) is 11.6 Å². The predicted molar refractivity (Wildman–Crippen MR) is 59.7 cm³/mol. The molecule has 15 heavy (non-hydrogen) atoms. The van der Waals surface area contributed by atoms with E-state index < -0.39 is 11.6 Å². The molecule has 1 aliphatic rings. The molecule has 1 aliphatic heterocycles. The van der Waals surface area contributed by atoms with E-state index in [9.17, 15) is 8.78 Å². The standard InChI is InChI=1S/C9H8BrF2NOS/c1-2-14-4-3-5-8(7(12)6(4)11)13-9(10)15-5/h3,9,13H,2H2,1H3. The predicted octanol–water partition coefficient (Wildman–Crippen LogP) is 3.56. The number of halogens is 3. The largest absolute Gasteiger partial charge is 0.491 e. The highest BCUT2D eigenvalue weighted by molar-refractivity contribution is 9.11. The molecule has 2 rings (SSSR count). The van der Waals surface area contributed by atoms with Gasteiger partial charge in [-0.15, -0.1) is 0 Å². The fourth-order valence-corrected chi connectivity index (χ4v) is 3.00. The minimum atomic E-state index is -0.940. The highest BCUT2D eigenvalue weighted by Gasteiger charge is 2.27. The van der Waals surface area contributed by atoms with Crippen LogP contribution in [0.3, 0.4) is 0 Å². The van der Waals surface area contributed by atoms with Gasteiger partial charge in [-0.05, 0) is 13.0 Å². The molecule has 0 aliphatic carbocycles. The third kappa shape index (κ3) is 1.92. The molecule has 1 unspecified atom stereocenters. The molecule has 0 saturated carbocycles. The summed E-state index contributed by atoms with van der Waals surface area (Å²) in [4.78, 5) is 0.652. The van der Waals surface area contributed by atoms with Gasteiger partial charge in [0, 0.05) is 4.90 Å². The quantitative estimate of drug-likeness (QED) is 0.666. The second-order valence-corrected chi connectivity index (χ2v) is 5.56. The van der Waals surface area contributed by atoms with Crippen molar-refractivity contribution in [3.8, 4) is 5.75 Å². The number of hydrogen-bond acceptors (Lipinski definition) is 3. The van der Waals surface area contributed by atoms with Gasteiger partial charge >= 0.3 is 0 Å². The molecule has 1 N–H and O–H groups in total. The van der Waals surface area contributed by atoms with Gasteiger partial charge < -0.3 is 10.1 Å². The maximum atomic E-state index is 13.5. The van der Waals surface area contributed by atoms with Gasteiger partial charge in [-0.3, -0.25) is 0 Å². The lowest BCUT2D eigenvalue weighted by molar-refractivity contribution is 0.313. The Kier molecular flexibility index (Phi) is 3.06. The lowest BCUT2D eigenvalue weighted by atomic mass is 10.2. The van der Waals surface area contributed by atoms with Crippen LogP contribution in [0, 0.1) is 11.6 Å². The molecular weight excluding hydrogens is 288 g/mol. The molecule has 2 nitrogen and oxygen atoms in total. The molecule has 1 aromatic carbocycles. The lowest BCUT2D eigenvalue weighted by Crippen LogP contribution is -2.03. The molecule has 6 heteroatoms. The number of benzene rings is 1. The van der Waals surface area contributed by atoms with Crippen LogP contribution in [-0.2, 0) is 0 Å². The van der Waals surface area contributed by atoms with Crippen molar-refractivity contribution < 1.29 is 13.5 Å². The zero-order chi connectivity index (χ0) is 11.0. The summed E-state index contributed by atoms with van der Waals surface area (Å²) in [6.45, 7) is 2.04. The first kappa shape index (κ1) is 11.0. The minimum Gasteiger partial charge on any atom is -0.491 e. The number of nitrogens with one attached hydrogen (secondary N) is 1. The van der Waals surface area contributed by atoms with Gasteiger partial charge in [-0.25, -0.2) is 4.39 Å². The van der Waals surface area contributed by atoms with E-state index in [4.69, 9.17) is 4.74 Å². The molecule has 0 saturated heterocycles. The number of anilines is 1. The maximum Gasteiger partial charge on any atom is 0.202 e. The van der Waals surface area contributed by atoms with E-state index in [0.29, 0.717) is 11.5 Å². The molecule has 1 heterocycles. The Hall–Kier alpha value is -0.490. The smallest absolute Gasteiger partial charge is 0.202 e. The molecule has 0 fully saturated rings. The average molecular weight is 296 g/mol. The zero-order valence-corrected chi connectivity index (χ0v) is 10.2. The Balaban J connectivity index is 2.47. The van der Waals surface area contributed by atoms with Crippen LogP contribution in [-0.4, -0.2) is 10.9 Å². The first-order chi connectivity index (χ1) is 7.13. The van der Waals surface area contributed by atoms with Crippen LogP contribution in [0.2, 0.25) is 0 Å². The van der Waals surface area contributed by atoms with Crippen molar-refractivity contribution in [1.82, 2.24) is 0 Å². The van der Waals surface area contributed by atoms with Gasteiger partial charge in [-0.1, -0.05) is 27.7 Å².